The zero-order chi connectivity index (χ0) is 48.8. The highest BCUT2D eigenvalue weighted by atomic mass is 31.2. The Labute approximate surface area is 395 Å². The fourth-order valence-electron chi connectivity index (χ4n) is 7.15. The number of rotatable bonds is 12. The third-order valence-corrected chi connectivity index (χ3v) is 13.0. The lowest BCUT2D eigenvalue weighted by molar-refractivity contribution is 0.290. The molecule has 0 saturated carbocycles. The van der Waals surface area contributed by atoms with Gasteiger partial charge < -0.3 is 27.1 Å². The molecule has 0 radical (unpaired) electrons. The van der Waals surface area contributed by atoms with Crippen molar-refractivity contribution < 1.29 is 36.3 Å². The molecule has 0 N–H and O–H groups in total. The van der Waals surface area contributed by atoms with E-state index in [9.17, 15) is 9.13 Å². The summed E-state index contributed by atoms with van der Waals surface area (Å²) in [5.41, 5.74) is 3.48. The largest absolute Gasteiger partial charge is 0.647 e. The van der Waals surface area contributed by atoms with E-state index in [1.54, 1.807) is 24.3 Å². The van der Waals surface area contributed by atoms with Crippen molar-refractivity contribution in [3.05, 3.63) is 179 Å². The first-order chi connectivity index (χ1) is 30.6. The first-order valence-corrected chi connectivity index (χ1v) is 25.4. The summed E-state index contributed by atoms with van der Waals surface area (Å²) in [5.74, 6) is 2.79. The highest BCUT2D eigenvalue weighted by Gasteiger charge is 2.39. The summed E-state index contributed by atoms with van der Waals surface area (Å²) in [6, 6.07) is 46.8. The van der Waals surface area contributed by atoms with Crippen molar-refractivity contribution in [2.45, 2.75) is 131 Å². The number of para-hydroxylation sites is 6. The predicted octanol–water partition coefficient (Wildman–Crippen LogP) is 17.2. The van der Waals surface area contributed by atoms with Gasteiger partial charge in [0, 0.05) is 27.8 Å². The third-order valence-electron chi connectivity index (χ3n) is 10.5. The van der Waals surface area contributed by atoms with Crippen molar-refractivity contribution in [1.82, 2.24) is 0 Å². The molecule has 6 aromatic carbocycles. The summed E-state index contributed by atoms with van der Waals surface area (Å²) in [7, 11) is -8.25. The van der Waals surface area contributed by atoms with Crippen molar-refractivity contribution in [1.29, 1.82) is 0 Å². The van der Waals surface area contributed by atoms with Crippen LogP contribution in [0.5, 0.6) is 34.5 Å². The molecule has 0 spiro atoms. The van der Waals surface area contributed by atoms with Gasteiger partial charge in [0.25, 0.3) is 0 Å². The third kappa shape index (κ3) is 14.0. The summed E-state index contributed by atoms with van der Waals surface area (Å²) in [6.45, 7) is 31.3. The molecule has 6 aromatic rings. The van der Waals surface area contributed by atoms with Crippen LogP contribution in [0.15, 0.2) is 152 Å². The summed E-state index contributed by atoms with van der Waals surface area (Å²) in [4.78, 5) is 0. The number of phosphoric ester groups is 2. The fourth-order valence-corrected chi connectivity index (χ4v) is 9.76. The van der Waals surface area contributed by atoms with Crippen LogP contribution in [0.1, 0.15) is 132 Å². The lowest BCUT2D eigenvalue weighted by Crippen LogP contribution is -2.18. The molecule has 66 heavy (non-hydrogen) atoms. The Morgan fingerprint density at radius 3 is 0.652 bits per heavy atom. The van der Waals surface area contributed by atoms with Gasteiger partial charge in [0.2, 0.25) is 0 Å². The van der Waals surface area contributed by atoms with E-state index in [1.807, 2.05) is 127 Å². The quantitative estimate of drug-likeness (QED) is 0.112. The Bertz CT molecular complexity index is 2420. The van der Waals surface area contributed by atoms with Crippen molar-refractivity contribution in [3.63, 3.8) is 0 Å². The smallest absolute Gasteiger partial charge is 0.386 e. The second-order valence-electron chi connectivity index (χ2n) is 21.5. The van der Waals surface area contributed by atoms with Crippen LogP contribution in [0.2, 0.25) is 0 Å². The Kier molecular flexibility index (Phi) is 15.8. The van der Waals surface area contributed by atoms with Gasteiger partial charge in [-0.05, 0) is 69.5 Å². The molecular weight excluding hydrogens is 863 g/mol. The topological polar surface area (TPSA) is 89.5 Å². The SMILES string of the molecule is CC(C)(C)c1ccccc1OP(=O)(Oc1ccccc1)Oc1ccccc1C(C)(C)C.CC(C)(C)c1ccccc1OP(=O)(Oc1ccccc1C(C)(C)C)Oc1ccccc1C(C)(C)C. The average molecular weight is 933 g/mol. The predicted molar refractivity (Wildman–Crippen MR) is 271 cm³/mol. The number of hydrogen-bond donors (Lipinski definition) is 0. The summed E-state index contributed by atoms with van der Waals surface area (Å²) in [5, 5.41) is 0. The maximum absolute atomic E-state index is 14.5. The minimum atomic E-state index is -4.17. The molecule has 0 aromatic heterocycles. The highest BCUT2D eigenvalue weighted by molar-refractivity contribution is 7.50. The van der Waals surface area contributed by atoms with Crippen molar-refractivity contribution in [2.75, 3.05) is 0 Å². The van der Waals surface area contributed by atoms with E-state index in [2.05, 4.69) is 104 Å². The van der Waals surface area contributed by atoms with Crippen molar-refractivity contribution in [2.24, 2.45) is 0 Å². The van der Waals surface area contributed by atoms with E-state index >= 15 is 0 Å². The van der Waals surface area contributed by atoms with E-state index in [1.165, 1.54) is 0 Å². The van der Waals surface area contributed by atoms with E-state index in [0.717, 1.165) is 27.8 Å². The van der Waals surface area contributed by atoms with Crippen molar-refractivity contribution in [3.8, 4) is 34.5 Å². The number of phosphoric acid groups is 2. The van der Waals surface area contributed by atoms with E-state index in [0.29, 0.717) is 34.5 Å². The van der Waals surface area contributed by atoms with Gasteiger partial charge in [-0.1, -0.05) is 213 Å². The first-order valence-electron chi connectivity index (χ1n) is 22.5. The maximum Gasteiger partial charge on any atom is 0.647 e. The number of hydrogen-bond acceptors (Lipinski definition) is 8. The summed E-state index contributed by atoms with van der Waals surface area (Å²) in [6.07, 6.45) is 0. The van der Waals surface area contributed by atoms with Gasteiger partial charge in [-0.3, -0.25) is 0 Å². The Balaban J connectivity index is 0.000000249. The van der Waals surface area contributed by atoms with Gasteiger partial charge in [-0.2, -0.15) is 9.13 Å². The Morgan fingerprint density at radius 1 is 0.258 bits per heavy atom. The second kappa shape index (κ2) is 20.2. The molecule has 10 heteroatoms. The van der Waals surface area contributed by atoms with Crippen LogP contribution in [0.3, 0.4) is 0 Å². The maximum atomic E-state index is 14.5. The monoisotopic (exact) mass is 932 g/mol. The molecule has 352 valence electrons. The van der Waals surface area contributed by atoms with Gasteiger partial charge in [-0.15, -0.1) is 0 Å². The Morgan fingerprint density at radius 2 is 0.439 bits per heavy atom. The van der Waals surface area contributed by atoms with Crippen molar-refractivity contribution >= 4 is 15.6 Å². The average Bonchev–Trinajstić information content (AvgIpc) is 3.20. The molecule has 0 amide bonds. The summed E-state index contributed by atoms with van der Waals surface area (Å²) >= 11 is 0. The van der Waals surface area contributed by atoms with Gasteiger partial charge in [0.1, 0.15) is 34.5 Å². The second-order valence-corrected chi connectivity index (χ2v) is 24.4. The standard InChI is InChI=1S/C30H39O4P.C26H31O4P/c1-28(2,3)22-16-10-13-19-25(22)32-35(31,33-26-20-14-11-17-23(26)29(4,5)6)34-27-21-15-12-18-24(27)30(7,8)9;1-25(2,3)21-16-10-12-18-23(21)29-31(27,28-20-14-8-7-9-15-20)30-24-19-13-11-17-22(24)26(4,5)6/h10-21H,1-9H3;7-19H,1-6H3. The first kappa shape index (κ1) is 51.6. The number of benzene rings is 6. The Hall–Kier alpha value is -5.42. The normalized spacial score (nSPS) is 12.6. The molecule has 0 aliphatic rings. The molecule has 0 aliphatic heterocycles. The van der Waals surface area contributed by atoms with Crippen LogP contribution in [0, 0.1) is 0 Å². The molecule has 0 saturated heterocycles. The van der Waals surface area contributed by atoms with E-state index in [-0.39, 0.29) is 27.1 Å². The molecule has 0 fully saturated rings. The van der Waals surface area contributed by atoms with Gasteiger partial charge >= 0.3 is 15.6 Å². The molecule has 6 rings (SSSR count). The lowest BCUT2D eigenvalue weighted by Gasteiger charge is -2.29. The zero-order valence-corrected chi connectivity index (χ0v) is 43.4. The van der Waals surface area contributed by atoms with Crippen LogP contribution in [-0.4, -0.2) is 0 Å². The molecular formula is C56H70O8P2. The highest BCUT2D eigenvalue weighted by Crippen LogP contribution is 2.55. The van der Waals surface area contributed by atoms with E-state index < -0.39 is 15.6 Å². The van der Waals surface area contributed by atoms with Gasteiger partial charge in [-0.25, -0.2) is 0 Å². The summed E-state index contributed by atoms with van der Waals surface area (Å²) < 4.78 is 65.1. The minimum absolute atomic E-state index is 0.211. The van der Waals surface area contributed by atoms with E-state index in [4.69, 9.17) is 27.1 Å². The van der Waals surface area contributed by atoms with Gasteiger partial charge in [0.15, 0.2) is 0 Å². The molecule has 0 bridgehead atoms. The van der Waals surface area contributed by atoms with Crippen LogP contribution in [0.25, 0.3) is 0 Å². The lowest BCUT2D eigenvalue weighted by atomic mass is 9.86. The minimum Gasteiger partial charge on any atom is -0.386 e. The fraction of sp³-hybridized carbons (Fsp3) is 0.357. The molecule has 0 heterocycles. The zero-order valence-electron chi connectivity index (χ0n) is 41.6. The van der Waals surface area contributed by atoms with Crippen LogP contribution in [0.4, 0.5) is 0 Å². The van der Waals surface area contributed by atoms with Crippen LogP contribution >= 0.6 is 15.6 Å². The molecule has 0 atom stereocenters. The molecule has 8 nitrogen and oxygen atoms in total. The van der Waals surface area contributed by atoms with Crippen LogP contribution < -0.4 is 27.1 Å². The van der Waals surface area contributed by atoms with Gasteiger partial charge in [0.05, 0.1) is 0 Å². The molecule has 0 aliphatic carbocycles. The van der Waals surface area contributed by atoms with Crippen LogP contribution in [-0.2, 0) is 36.2 Å². The molecule has 0 unspecified atom stereocenters.